The van der Waals surface area contributed by atoms with Gasteiger partial charge in [-0.25, -0.2) is 0 Å². The number of alkyl halides is 1. The lowest BCUT2D eigenvalue weighted by atomic mass is 9.94. The van der Waals surface area contributed by atoms with Crippen molar-refractivity contribution >= 4 is 15.9 Å². The molecule has 1 rings (SSSR count). The first-order valence-electron chi connectivity index (χ1n) is 5.67. The van der Waals surface area contributed by atoms with Crippen molar-refractivity contribution in [1.29, 1.82) is 0 Å². The van der Waals surface area contributed by atoms with Crippen molar-refractivity contribution in [3.05, 3.63) is 0 Å². The van der Waals surface area contributed by atoms with Crippen molar-refractivity contribution in [3.8, 4) is 0 Å². The van der Waals surface area contributed by atoms with Gasteiger partial charge in [0.05, 0.1) is 6.61 Å². The third kappa shape index (κ3) is 3.87. The van der Waals surface area contributed by atoms with Gasteiger partial charge in [0.15, 0.2) is 0 Å². The number of hydrogen-bond donors (Lipinski definition) is 0. The minimum Gasteiger partial charge on any atom is -0.380 e. The van der Waals surface area contributed by atoms with Gasteiger partial charge in [-0.1, -0.05) is 28.8 Å². The maximum Gasteiger partial charge on any atom is 0.0593 e. The summed E-state index contributed by atoms with van der Waals surface area (Å²) in [6, 6.07) is 0.712. The van der Waals surface area contributed by atoms with E-state index in [9.17, 15) is 0 Å². The molecule has 0 spiro atoms. The van der Waals surface area contributed by atoms with Gasteiger partial charge in [0.2, 0.25) is 0 Å². The minimum absolute atomic E-state index is 0.683. The van der Waals surface area contributed by atoms with Gasteiger partial charge in [-0.15, -0.1) is 0 Å². The van der Waals surface area contributed by atoms with Crippen LogP contribution >= 0.6 is 15.9 Å². The van der Waals surface area contributed by atoms with E-state index in [1.807, 2.05) is 6.92 Å². The van der Waals surface area contributed by atoms with E-state index in [0.717, 1.165) is 19.8 Å². The van der Waals surface area contributed by atoms with Crippen LogP contribution in [0.4, 0.5) is 0 Å². The molecule has 0 radical (unpaired) electrons. The van der Waals surface area contributed by atoms with Crippen LogP contribution < -0.4 is 0 Å². The van der Waals surface area contributed by atoms with Gasteiger partial charge in [-0.2, -0.15) is 0 Å². The lowest BCUT2D eigenvalue weighted by Gasteiger charge is -2.35. The lowest BCUT2D eigenvalue weighted by Crippen LogP contribution is -2.42. The van der Waals surface area contributed by atoms with E-state index >= 15 is 0 Å². The zero-order valence-electron chi connectivity index (χ0n) is 9.34. The first-order chi connectivity index (χ1) is 6.75. The molecule has 1 fully saturated rings. The number of hydrogen-bond acceptors (Lipinski definition) is 2. The normalized spacial score (nSPS) is 28.3. The molecule has 2 unspecified atom stereocenters. The first-order valence-corrected chi connectivity index (χ1v) is 6.59. The molecular weight excluding hydrogens is 242 g/mol. The van der Waals surface area contributed by atoms with Crippen LogP contribution in [0.25, 0.3) is 0 Å². The summed E-state index contributed by atoms with van der Waals surface area (Å²) in [6.45, 7) is 4.80. The summed E-state index contributed by atoms with van der Waals surface area (Å²) in [4.78, 5) is 3.12. The predicted molar refractivity (Wildman–Crippen MR) is 64.1 cm³/mol. The molecule has 0 aromatic rings. The largest absolute Gasteiger partial charge is 0.380 e. The van der Waals surface area contributed by atoms with Crippen molar-refractivity contribution in [2.45, 2.75) is 43.5 Å². The SMILES string of the molecule is CCOCCN(C)C1CCCCC1Br. The fourth-order valence-corrected chi connectivity index (χ4v) is 3.07. The van der Waals surface area contributed by atoms with Crippen molar-refractivity contribution < 1.29 is 4.74 Å². The van der Waals surface area contributed by atoms with Crippen molar-refractivity contribution in [2.75, 3.05) is 26.8 Å². The molecule has 0 aliphatic heterocycles. The summed E-state index contributed by atoms with van der Waals surface area (Å²) < 4.78 is 5.37. The summed E-state index contributed by atoms with van der Waals surface area (Å²) in [5.41, 5.74) is 0. The average molecular weight is 264 g/mol. The third-order valence-electron chi connectivity index (χ3n) is 3.01. The van der Waals surface area contributed by atoms with Crippen LogP contribution in [0.2, 0.25) is 0 Å². The molecule has 0 heterocycles. The highest BCUT2D eigenvalue weighted by Crippen LogP contribution is 2.27. The van der Waals surface area contributed by atoms with E-state index < -0.39 is 0 Å². The molecule has 84 valence electrons. The fourth-order valence-electron chi connectivity index (χ4n) is 2.08. The van der Waals surface area contributed by atoms with E-state index in [1.165, 1.54) is 25.7 Å². The number of rotatable bonds is 5. The van der Waals surface area contributed by atoms with Gasteiger partial charge in [0.1, 0.15) is 0 Å². The molecule has 0 amide bonds. The molecule has 0 aromatic carbocycles. The van der Waals surface area contributed by atoms with E-state index in [-0.39, 0.29) is 0 Å². The maximum atomic E-state index is 5.37. The number of nitrogens with zero attached hydrogens (tertiary/aromatic N) is 1. The molecule has 2 nitrogen and oxygen atoms in total. The summed E-state index contributed by atoms with van der Waals surface area (Å²) in [6.07, 6.45) is 5.42. The van der Waals surface area contributed by atoms with E-state index in [1.54, 1.807) is 0 Å². The van der Waals surface area contributed by atoms with Gasteiger partial charge in [0.25, 0.3) is 0 Å². The van der Waals surface area contributed by atoms with E-state index in [4.69, 9.17) is 4.74 Å². The highest BCUT2D eigenvalue weighted by molar-refractivity contribution is 9.09. The summed E-state index contributed by atoms with van der Waals surface area (Å²) in [5, 5.41) is 0. The van der Waals surface area contributed by atoms with Crippen LogP contribution in [-0.4, -0.2) is 42.6 Å². The zero-order valence-corrected chi connectivity index (χ0v) is 10.9. The van der Waals surface area contributed by atoms with Gasteiger partial charge in [-0.05, 0) is 26.8 Å². The summed E-state index contributed by atoms with van der Waals surface area (Å²) in [7, 11) is 2.21. The average Bonchev–Trinajstić information content (AvgIpc) is 2.18. The Labute approximate surface area is 96.1 Å². The number of ether oxygens (including phenoxy) is 1. The molecular formula is C11H22BrNO. The molecule has 2 atom stereocenters. The second-order valence-electron chi connectivity index (χ2n) is 4.05. The molecule has 0 N–H and O–H groups in total. The van der Waals surface area contributed by atoms with Gasteiger partial charge >= 0.3 is 0 Å². The number of halogens is 1. The van der Waals surface area contributed by atoms with Crippen LogP contribution in [0.5, 0.6) is 0 Å². The van der Waals surface area contributed by atoms with Crippen LogP contribution in [0, 0.1) is 0 Å². The van der Waals surface area contributed by atoms with Crippen LogP contribution in [0.15, 0.2) is 0 Å². The van der Waals surface area contributed by atoms with Gasteiger partial charge in [-0.3, -0.25) is 0 Å². The molecule has 0 bridgehead atoms. The Bertz CT molecular complexity index is 154. The lowest BCUT2D eigenvalue weighted by molar-refractivity contribution is 0.0997. The van der Waals surface area contributed by atoms with Crippen LogP contribution in [-0.2, 0) is 4.74 Å². The van der Waals surface area contributed by atoms with Crippen molar-refractivity contribution in [3.63, 3.8) is 0 Å². The molecule has 3 heteroatoms. The van der Waals surface area contributed by atoms with Crippen LogP contribution in [0.1, 0.15) is 32.6 Å². The summed E-state index contributed by atoms with van der Waals surface area (Å²) in [5.74, 6) is 0. The Balaban J connectivity index is 2.23. The quantitative estimate of drug-likeness (QED) is 0.559. The predicted octanol–water partition coefficient (Wildman–Crippen LogP) is 2.66. The Morgan fingerprint density at radius 2 is 2.07 bits per heavy atom. The Kier molecular flexibility index (Phi) is 6.06. The molecule has 14 heavy (non-hydrogen) atoms. The Morgan fingerprint density at radius 1 is 1.36 bits per heavy atom. The van der Waals surface area contributed by atoms with Crippen molar-refractivity contribution in [2.24, 2.45) is 0 Å². The monoisotopic (exact) mass is 263 g/mol. The highest BCUT2D eigenvalue weighted by Gasteiger charge is 2.25. The molecule has 1 saturated carbocycles. The smallest absolute Gasteiger partial charge is 0.0593 e. The summed E-state index contributed by atoms with van der Waals surface area (Å²) >= 11 is 3.78. The first kappa shape index (κ1) is 12.5. The molecule has 0 saturated heterocycles. The zero-order chi connectivity index (χ0) is 10.4. The molecule has 0 aromatic heterocycles. The van der Waals surface area contributed by atoms with Gasteiger partial charge < -0.3 is 9.64 Å². The minimum atomic E-state index is 0.683. The third-order valence-corrected chi connectivity index (χ3v) is 4.07. The fraction of sp³-hybridized carbons (Fsp3) is 1.00. The van der Waals surface area contributed by atoms with E-state index in [0.29, 0.717) is 10.9 Å². The molecule has 1 aliphatic rings. The van der Waals surface area contributed by atoms with Gasteiger partial charge in [0, 0.05) is 24.0 Å². The van der Waals surface area contributed by atoms with Crippen LogP contribution in [0.3, 0.4) is 0 Å². The Hall–Kier alpha value is 0.400. The van der Waals surface area contributed by atoms with Crippen molar-refractivity contribution in [1.82, 2.24) is 4.90 Å². The standard InChI is InChI=1S/C11H22BrNO/c1-3-14-9-8-13(2)11-7-5-4-6-10(11)12/h10-11H,3-9H2,1-2H3. The van der Waals surface area contributed by atoms with E-state index in [2.05, 4.69) is 27.9 Å². The highest BCUT2D eigenvalue weighted by atomic mass is 79.9. The maximum absolute atomic E-state index is 5.37. The number of likely N-dealkylation sites (N-methyl/N-ethyl adjacent to an activating group) is 1. The Morgan fingerprint density at radius 3 is 2.71 bits per heavy atom. The second kappa shape index (κ2) is 6.81. The second-order valence-corrected chi connectivity index (χ2v) is 5.22. The topological polar surface area (TPSA) is 12.5 Å². The molecule has 1 aliphatic carbocycles.